The van der Waals surface area contributed by atoms with Gasteiger partial charge in [-0.25, -0.2) is 4.99 Å². The quantitative estimate of drug-likeness (QED) is 0.434. The second-order valence-corrected chi connectivity index (χ2v) is 11.1. The zero-order chi connectivity index (χ0) is 24.6. The number of nitrogens with zero attached hydrogens (tertiary/aromatic N) is 3. The van der Waals surface area contributed by atoms with Gasteiger partial charge >= 0.3 is 0 Å². The van der Waals surface area contributed by atoms with Crippen molar-refractivity contribution in [3.05, 3.63) is 102 Å². The average molecular weight is 512 g/mol. The number of hydrogen-bond acceptors (Lipinski definition) is 5. The van der Waals surface area contributed by atoms with Gasteiger partial charge in [-0.3, -0.25) is 19.4 Å². The van der Waals surface area contributed by atoms with Gasteiger partial charge in [-0.2, -0.15) is 0 Å². The number of anilines is 2. The first kappa shape index (κ1) is 23.1. The molecule has 3 aromatic carbocycles. The summed E-state index contributed by atoms with van der Waals surface area (Å²) in [5.41, 5.74) is 5.44. The molecule has 0 saturated heterocycles. The third kappa shape index (κ3) is 4.06. The van der Waals surface area contributed by atoms with Gasteiger partial charge in [0.1, 0.15) is 5.37 Å². The number of aliphatic imine (C=N–C) groups is 1. The Kier molecular flexibility index (Phi) is 6.19. The molecule has 0 spiro atoms. The Morgan fingerprint density at radius 3 is 2.31 bits per heavy atom. The van der Waals surface area contributed by atoms with E-state index in [-0.39, 0.29) is 28.9 Å². The largest absolute Gasteiger partial charge is 0.294 e. The van der Waals surface area contributed by atoms with Crippen molar-refractivity contribution in [2.75, 3.05) is 17.7 Å². The highest BCUT2D eigenvalue weighted by molar-refractivity contribution is 8.14. The molecular formula is C29H25N3O2S2. The fourth-order valence-electron chi connectivity index (χ4n) is 5.10. The van der Waals surface area contributed by atoms with Crippen molar-refractivity contribution in [3.8, 4) is 0 Å². The Morgan fingerprint density at radius 1 is 0.972 bits per heavy atom. The number of carbonyl (C=O) groups is 2. The summed E-state index contributed by atoms with van der Waals surface area (Å²) in [5.74, 6) is -0.0232. The second kappa shape index (κ2) is 9.64. The van der Waals surface area contributed by atoms with Gasteiger partial charge in [0.2, 0.25) is 11.8 Å². The van der Waals surface area contributed by atoms with Crippen LogP contribution in [0.2, 0.25) is 0 Å². The number of aryl methyl sites for hydroxylation is 1. The maximum absolute atomic E-state index is 13.5. The maximum Gasteiger partial charge on any atom is 0.242 e. The van der Waals surface area contributed by atoms with E-state index >= 15 is 0 Å². The van der Waals surface area contributed by atoms with E-state index in [2.05, 4.69) is 24.3 Å². The van der Waals surface area contributed by atoms with Gasteiger partial charge in [0.05, 0.1) is 11.7 Å². The van der Waals surface area contributed by atoms with Crippen molar-refractivity contribution in [1.29, 1.82) is 0 Å². The topological polar surface area (TPSA) is 53.0 Å². The second-order valence-electron chi connectivity index (χ2n) is 9.00. The van der Waals surface area contributed by atoms with E-state index in [1.54, 1.807) is 28.6 Å². The molecular weight excluding hydrogens is 486 g/mol. The summed E-state index contributed by atoms with van der Waals surface area (Å²) < 4.78 is 0. The monoisotopic (exact) mass is 511 g/mol. The van der Waals surface area contributed by atoms with Gasteiger partial charge in [-0.05, 0) is 53.8 Å². The van der Waals surface area contributed by atoms with E-state index in [1.807, 2.05) is 60.7 Å². The molecule has 0 bridgehead atoms. The van der Waals surface area contributed by atoms with E-state index in [4.69, 9.17) is 4.99 Å². The Hall–Kier alpha value is -3.29. The van der Waals surface area contributed by atoms with Crippen LogP contribution < -0.4 is 4.90 Å². The number of amidine groups is 1. The minimum absolute atomic E-state index is 0.0616. The Balaban J connectivity index is 1.23. The first-order chi connectivity index (χ1) is 17.6. The number of hydrogen-bond donors (Lipinski definition) is 0. The number of carbonyl (C=O) groups excluding carboxylic acids is 2. The van der Waals surface area contributed by atoms with Gasteiger partial charge in [0, 0.05) is 23.3 Å². The zero-order valence-electron chi connectivity index (χ0n) is 19.8. The van der Waals surface area contributed by atoms with Gasteiger partial charge in [0.15, 0.2) is 5.17 Å². The predicted octanol–water partition coefficient (Wildman–Crippen LogP) is 5.96. The van der Waals surface area contributed by atoms with Crippen LogP contribution in [-0.2, 0) is 16.0 Å². The molecule has 2 amide bonds. The van der Waals surface area contributed by atoms with E-state index in [9.17, 15) is 9.59 Å². The maximum atomic E-state index is 13.5. The van der Waals surface area contributed by atoms with Crippen molar-refractivity contribution >= 4 is 56.8 Å². The van der Waals surface area contributed by atoms with Crippen LogP contribution in [-0.4, -0.2) is 40.1 Å². The number of amides is 2. The summed E-state index contributed by atoms with van der Waals surface area (Å²) in [6.07, 6.45) is 1.87. The molecule has 2 heterocycles. The SMILES string of the molecule is CN1C(=O)[C@@H]2C3=C(S[C@@H]2N=C1SCC(=O)N(c1ccccc1)c1ccccc1)c1ccccc1CC3. The molecule has 1 aliphatic carbocycles. The third-order valence-electron chi connectivity index (χ3n) is 6.84. The molecule has 0 N–H and O–H groups in total. The zero-order valence-corrected chi connectivity index (χ0v) is 21.5. The van der Waals surface area contributed by atoms with Crippen LogP contribution >= 0.6 is 23.5 Å². The molecule has 0 radical (unpaired) electrons. The first-order valence-electron chi connectivity index (χ1n) is 12.0. The predicted molar refractivity (Wildman–Crippen MR) is 149 cm³/mol. The van der Waals surface area contributed by atoms with Crippen LogP contribution in [0.5, 0.6) is 0 Å². The summed E-state index contributed by atoms with van der Waals surface area (Å²) >= 11 is 3.04. The standard InChI is InChI=1S/C29H25N3O2S2/c1-31-28(34)25-23-17-16-19-10-8-9-15-22(19)26(23)36-27(25)30-29(31)35-18-24(33)32(20-11-4-2-5-12-20)21-13-6-3-7-14-21/h2-15,25,27H,16-18H2,1H3/t25-,27+/m1/s1. The van der Waals surface area contributed by atoms with Crippen molar-refractivity contribution in [1.82, 2.24) is 4.90 Å². The molecule has 3 aromatic rings. The van der Waals surface area contributed by atoms with E-state index in [1.165, 1.54) is 33.4 Å². The molecule has 0 fully saturated rings. The fraction of sp³-hybridized carbons (Fsp3) is 0.207. The van der Waals surface area contributed by atoms with Crippen molar-refractivity contribution in [2.45, 2.75) is 18.2 Å². The summed E-state index contributed by atoms with van der Waals surface area (Å²) in [6, 6.07) is 27.8. The summed E-state index contributed by atoms with van der Waals surface area (Å²) in [4.78, 5) is 36.5. The highest BCUT2D eigenvalue weighted by atomic mass is 32.2. The lowest BCUT2D eigenvalue weighted by molar-refractivity contribution is -0.129. The highest BCUT2D eigenvalue weighted by Gasteiger charge is 2.47. The lowest BCUT2D eigenvalue weighted by atomic mass is 9.84. The third-order valence-corrected chi connectivity index (χ3v) is 9.21. The van der Waals surface area contributed by atoms with E-state index in [0.717, 1.165) is 24.2 Å². The Morgan fingerprint density at radius 2 is 1.61 bits per heavy atom. The number of para-hydroxylation sites is 2. The van der Waals surface area contributed by atoms with Crippen molar-refractivity contribution in [2.24, 2.45) is 10.9 Å². The molecule has 6 rings (SSSR count). The molecule has 3 aliphatic rings. The van der Waals surface area contributed by atoms with Gasteiger partial charge in [-0.15, -0.1) is 0 Å². The van der Waals surface area contributed by atoms with Crippen LogP contribution in [0.15, 0.2) is 95.5 Å². The molecule has 5 nitrogen and oxygen atoms in total. The minimum Gasteiger partial charge on any atom is -0.294 e. The molecule has 7 heteroatoms. The molecule has 2 aliphatic heterocycles. The van der Waals surface area contributed by atoms with Crippen LogP contribution in [0.1, 0.15) is 17.5 Å². The van der Waals surface area contributed by atoms with Gasteiger partial charge in [-0.1, -0.05) is 84.2 Å². The fourth-order valence-corrected chi connectivity index (χ4v) is 7.54. The van der Waals surface area contributed by atoms with Crippen molar-refractivity contribution < 1.29 is 9.59 Å². The molecule has 0 saturated carbocycles. The highest BCUT2D eigenvalue weighted by Crippen LogP contribution is 2.54. The summed E-state index contributed by atoms with van der Waals surface area (Å²) in [7, 11) is 1.78. The lowest BCUT2D eigenvalue weighted by Gasteiger charge is -2.31. The molecule has 2 atom stereocenters. The smallest absolute Gasteiger partial charge is 0.242 e. The molecule has 36 heavy (non-hydrogen) atoms. The normalized spacial score (nSPS) is 20.4. The van der Waals surface area contributed by atoms with E-state index < -0.39 is 0 Å². The lowest BCUT2D eigenvalue weighted by Crippen LogP contribution is -2.45. The molecule has 0 unspecified atom stereocenters. The summed E-state index contributed by atoms with van der Waals surface area (Å²) in [6.45, 7) is 0. The summed E-state index contributed by atoms with van der Waals surface area (Å²) in [5, 5.41) is 0.443. The average Bonchev–Trinajstić information content (AvgIpc) is 3.30. The van der Waals surface area contributed by atoms with Crippen LogP contribution in [0.3, 0.4) is 0 Å². The van der Waals surface area contributed by atoms with Crippen molar-refractivity contribution in [3.63, 3.8) is 0 Å². The molecule has 0 aromatic heterocycles. The molecule has 180 valence electrons. The first-order valence-corrected chi connectivity index (χ1v) is 13.9. The van der Waals surface area contributed by atoms with Crippen LogP contribution in [0, 0.1) is 5.92 Å². The number of thioether (sulfide) groups is 2. The number of rotatable bonds is 4. The minimum atomic E-state index is -0.214. The number of benzene rings is 3. The van der Waals surface area contributed by atoms with Crippen LogP contribution in [0.25, 0.3) is 4.91 Å². The van der Waals surface area contributed by atoms with Crippen LogP contribution in [0.4, 0.5) is 11.4 Å². The van der Waals surface area contributed by atoms with E-state index in [0.29, 0.717) is 5.17 Å². The Labute approximate surface area is 219 Å². The number of fused-ring (bicyclic) bond motifs is 4. The Bertz CT molecular complexity index is 1350. The van der Waals surface area contributed by atoms with Gasteiger partial charge < -0.3 is 0 Å². The van der Waals surface area contributed by atoms with Gasteiger partial charge in [0.25, 0.3) is 0 Å².